The molecular formula is C21H18N2O4. The van der Waals surface area contributed by atoms with E-state index in [9.17, 15) is 14.9 Å². The fourth-order valence-electron chi connectivity index (χ4n) is 2.63. The Morgan fingerprint density at radius 2 is 1.70 bits per heavy atom. The summed E-state index contributed by atoms with van der Waals surface area (Å²) < 4.78 is 5.37. The summed E-state index contributed by atoms with van der Waals surface area (Å²) in [5.74, 6) is -0.0565. The molecule has 136 valence electrons. The van der Waals surface area contributed by atoms with Crippen molar-refractivity contribution in [1.29, 1.82) is 0 Å². The highest BCUT2D eigenvalue weighted by Crippen LogP contribution is 2.21. The van der Waals surface area contributed by atoms with Crippen molar-refractivity contribution in [2.75, 3.05) is 11.9 Å². The van der Waals surface area contributed by atoms with Crippen molar-refractivity contribution >= 4 is 17.3 Å². The smallest absolute Gasteiger partial charge is 0.273 e. The second kappa shape index (κ2) is 8.62. The Balaban J connectivity index is 1.63. The topological polar surface area (TPSA) is 81.5 Å². The molecule has 0 unspecified atom stereocenters. The van der Waals surface area contributed by atoms with Crippen molar-refractivity contribution < 1.29 is 14.5 Å². The predicted molar refractivity (Wildman–Crippen MR) is 103 cm³/mol. The Labute approximate surface area is 156 Å². The Hall–Kier alpha value is -3.67. The minimum Gasteiger partial charge on any atom is -0.484 e. The lowest BCUT2D eigenvalue weighted by molar-refractivity contribution is -0.384. The third kappa shape index (κ3) is 5.15. The van der Waals surface area contributed by atoms with Gasteiger partial charge >= 0.3 is 0 Å². The largest absolute Gasteiger partial charge is 0.484 e. The van der Waals surface area contributed by atoms with E-state index >= 15 is 0 Å². The van der Waals surface area contributed by atoms with E-state index in [4.69, 9.17) is 4.74 Å². The van der Waals surface area contributed by atoms with Crippen molar-refractivity contribution in [3.63, 3.8) is 0 Å². The number of amides is 1. The summed E-state index contributed by atoms with van der Waals surface area (Å²) >= 11 is 0. The van der Waals surface area contributed by atoms with Crippen LogP contribution in [0.3, 0.4) is 0 Å². The highest BCUT2D eigenvalue weighted by atomic mass is 16.6. The number of anilines is 1. The number of nitrogens with zero attached hydrogens (tertiary/aromatic N) is 1. The second-order valence-electron chi connectivity index (χ2n) is 5.91. The summed E-state index contributed by atoms with van der Waals surface area (Å²) in [5.41, 5.74) is 2.77. The number of nitrogens with one attached hydrogen (secondary N) is 1. The molecule has 3 aromatic rings. The van der Waals surface area contributed by atoms with Gasteiger partial charge in [0.05, 0.1) is 11.0 Å². The number of ether oxygens (including phenoxy) is 1. The van der Waals surface area contributed by atoms with E-state index in [0.29, 0.717) is 12.1 Å². The number of non-ortho nitro benzene ring substituents is 1. The van der Waals surface area contributed by atoms with Crippen LogP contribution in [0.5, 0.6) is 5.75 Å². The zero-order valence-corrected chi connectivity index (χ0v) is 14.5. The van der Waals surface area contributed by atoms with E-state index in [1.165, 1.54) is 18.2 Å². The molecule has 0 aliphatic carbocycles. The number of carbonyl (C=O) groups is 1. The first kappa shape index (κ1) is 18.1. The van der Waals surface area contributed by atoms with Gasteiger partial charge in [0.1, 0.15) is 5.75 Å². The number of carbonyl (C=O) groups excluding carboxylic acids is 1. The van der Waals surface area contributed by atoms with Gasteiger partial charge in [-0.05, 0) is 29.7 Å². The molecule has 0 atom stereocenters. The summed E-state index contributed by atoms with van der Waals surface area (Å²) in [4.78, 5) is 22.5. The van der Waals surface area contributed by atoms with Crippen LogP contribution >= 0.6 is 0 Å². The van der Waals surface area contributed by atoms with E-state index in [-0.39, 0.29) is 24.0 Å². The molecule has 0 spiro atoms. The van der Waals surface area contributed by atoms with Gasteiger partial charge in [-0.25, -0.2) is 0 Å². The Morgan fingerprint density at radius 1 is 0.963 bits per heavy atom. The molecule has 0 saturated carbocycles. The van der Waals surface area contributed by atoms with Gasteiger partial charge in [-0.15, -0.1) is 0 Å². The molecule has 0 aliphatic heterocycles. The molecule has 0 fully saturated rings. The lowest BCUT2D eigenvalue weighted by Crippen LogP contribution is -2.21. The van der Waals surface area contributed by atoms with Crippen LogP contribution in [0.1, 0.15) is 11.1 Å². The zero-order chi connectivity index (χ0) is 19.1. The minimum atomic E-state index is -0.507. The quantitative estimate of drug-likeness (QED) is 0.504. The molecule has 0 aromatic heterocycles. The number of nitro benzene ring substituents is 1. The van der Waals surface area contributed by atoms with E-state index in [0.717, 1.165) is 11.1 Å². The summed E-state index contributed by atoms with van der Waals surface area (Å²) in [6, 6.07) is 23.3. The SMILES string of the molecule is O=C(COc1cccc([N+](=O)[O-])c1)Nc1ccccc1Cc1ccccc1. The average molecular weight is 362 g/mol. The molecule has 6 nitrogen and oxygen atoms in total. The highest BCUT2D eigenvalue weighted by molar-refractivity contribution is 5.92. The molecule has 27 heavy (non-hydrogen) atoms. The van der Waals surface area contributed by atoms with Crippen molar-refractivity contribution in [2.24, 2.45) is 0 Å². The Bertz CT molecular complexity index is 942. The molecule has 1 N–H and O–H groups in total. The maximum Gasteiger partial charge on any atom is 0.273 e. The number of para-hydroxylation sites is 1. The molecule has 1 amide bonds. The van der Waals surface area contributed by atoms with Gasteiger partial charge in [-0.3, -0.25) is 14.9 Å². The van der Waals surface area contributed by atoms with Crippen molar-refractivity contribution in [2.45, 2.75) is 6.42 Å². The normalized spacial score (nSPS) is 10.2. The van der Waals surface area contributed by atoms with Crippen molar-refractivity contribution in [3.05, 3.63) is 100 Å². The fraction of sp³-hybridized carbons (Fsp3) is 0.0952. The summed E-state index contributed by atoms with van der Waals surface area (Å²) in [7, 11) is 0. The third-order valence-corrected chi connectivity index (χ3v) is 3.93. The van der Waals surface area contributed by atoms with Crippen LogP contribution in [0.4, 0.5) is 11.4 Å². The standard InChI is InChI=1S/C21H18N2O4/c24-21(15-27-19-11-6-10-18(14-19)23(25)26)22-20-12-5-4-9-17(20)13-16-7-2-1-3-8-16/h1-12,14H,13,15H2,(H,22,24). The summed E-state index contributed by atoms with van der Waals surface area (Å²) in [6.07, 6.45) is 0.697. The molecule has 0 heterocycles. The molecule has 0 radical (unpaired) electrons. The van der Waals surface area contributed by atoms with E-state index in [1.54, 1.807) is 6.07 Å². The minimum absolute atomic E-state index is 0.0823. The van der Waals surface area contributed by atoms with Gasteiger partial charge in [0.2, 0.25) is 0 Å². The monoisotopic (exact) mass is 362 g/mol. The molecule has 6 heteroatoms. The molecule has 3 aromatic carbocycles. The number of hydrogen-bond acceptors (Lipinski definition) is 4. The first-order valence-corrected chi connectivity index (χ1v) is 8.41. The average Bonchev–Trinajstić information content (AvgIpc) is 2.69. The molecule has 0 aliphatic rings. The number of hydrogen-bond donors (Lipinski definition) is 1. The maximum atomic E-state index is 12.2. The van der Waals surface area contributed by atoms with Crippen molar-refractivity contribution in [1.82, 2.24) is 0 Å². The number of nitro groups is 1. The van der Waals surface area contributed by atoms with Crippen LogP contribution in [0, 0.1) is 10.1 Å². The fourth-order valence-corrected chi connectivity index (χ4v) is 2.63. The van der Waals surface area contributed by atoms with E-state index in [2.05, 4.69) is 5.32 Å². The lowest BCUT2D eigenvalue weighted by atomic mass is 10.0. The van der Waals surface area contributed by atoms with Gasteiger partial charge in [-0.1, -0.05) is 54.6 Å². The van der Waals surface area contributed by atoms with Gasteiger partial charge in [-0.2, -0.15) is 0 Å². The van der Waals surface area contributed by atoms with Crippen LogP contribution in [-0.4, -0.2) is 17.4 Å². The van der Waals surface area contributed by atoms with Crippen LogP contribution in [0.15, 0.2) is 78.9 Å². The van der Waals surface area contributed by atoms with Gasteiger partial charge in [0.25, 0.3) is 11.6 Å². The summed E-state index contributed by atoms with van der Waals surface area (Å²) in [6.45, 7) is -0.235. The van der Waals surface area contributed by atoms with Crippen LogP contribution in [0.25, 0.3) is 0 Å². The van der Waals surface area contributed by atoms with Gasteiger partial charge in [0.15, 0.2) is 6.61 Å². The lowest BCUT2D eigenvalue weighted by Gasteiger charge is -2.12. The molecular weight excluding hydrogens is 344 g/mol. The highest BCUT2D eigenvalue weighted by Gasteiger charge is 2.10. The Kier molecular flexibility index (Phi) is 5.79. The van der Waals surface area contributed by atoms with Crippen LogP contribution in [-0.2, 0) is 11.2 Å². The molecule has 0 bridgehead atoms. The van der Waals surface area contributed by atoms with Crippen LogP contribution < -0.4 is 10.1 Å². The van der Waals surface area contributed by atoms with Gasteiger partial charge < -0.3 is 10.1 Å². The Morgan fingerprint density at radius 3 is 2.48 bits per heavy atom. The first-order chi connectivity index (χ1) is 13.1. The first-order valence-electron chi connectivity index (χ1n) is 8.41. The van der Waals surface area contributed by atoms with E-state index in [1.807, 2.05) is 54.6 Å². The third-order valence-electron chi connectivity index (χ3n) is 3.93. The molecule has 3 rings (SSSR count). The number of benzene rings is 3. The van der Waals surface area contributed by atoms with Crippen molar-refractivity contribution in [3.8, 4) is 5.75 Å². The molecule has 0 saturated heterocycles. The van der Waals surface area contributed by atoms with Crippen LogP contribution in [0.2, 0.25) is 0 Å². The van der Waals surface area contributed by atoms with Gasteiger partial charge in [0, 0.05) is 11.8 Å². The summed E-state index contributed by atoms with van der Waals surface area (Å²) in [5, 5.41) is 13.6. The van der Waals surface area contributed by atoms with E-state index < -0.39 is 4.92 Å². The maximum absolute atomic E-state index is 12.2. The second-order valence-corrected chi connectivity index (χ2v) is 5.91. The zero-order valence-electron chi connectivity index (χ0n) is 14.5. The number of rotatable bonds is 7. The predicted octanol–water partition coefficient (Wildman–Crippen LogP) is 4.20.